The van der Waals surface area contributed by atoms with Crippen molar-refractivity contribution in [3.8, 4) is 22.8 Å². The van der Waals surface area contributed by atoms with E-state index in [1.165, 1.54) is 14.2 Å². The summed E-state index contributed by atoms with van der Waals surface area (Å²) in [5.41, 5.74) is 2.35. The van der Waals surface area contributed by atoms with Crippen LogP contribution >= 0.6 is 11.3 Å². The first-order valence-electron chi connectivity index (χ1n) is 8.07. The summed E-state index contributed by atoms with van der Waals surface area (Å²) in [7, 11) is 3.06. The monoisotopic (exact) mass is 369 g/mol. The lowest BCUT2D eigenvalue weighted by Gasteiger charge is -2.12. The zero-order valence-corrected chi connectivity index (χ0v) is 15.4. The van der Waals surface area contributed by atoms with E-state index in [1.807, 2.05) is 17.5 Å². The molecular weight excluding hydrogens is 350 g/mol. The van der Waals surface area contributed by atoms with Crippen molar-refractivity contribution in [3.63, 3.8) is 0 Å². The van der Waals surface area contributed by atoms with Crippen LogP contribution in [0, 0.1) is 0 Å². The number of methoxy groups -OCH3 is 2. The average molecular weight is 369 g/mol. The number of rotatable bonds is 7. The number of carbonyl (C=O) groups excluding carboxylic acids is 1. The van der Waals surface area contributed by atoms with Gasteiger partial charge in [-0.25, -0.2) is 4.98 Å². The minimum absolute atomic E-state index is 0.231. The Morgan fingerprint density at radius 2 is 1.81 bits per heavy atom. The largest absolute Gasteiger partial charge is 0.496 e. The fourth-order valence-corrected chi connectivity index (χ4v) is 3.33. The Bertz CT molecular complexity index is 858. The summed E-state index contributed by atoms with van der Waals surface area (Å²) < 4.78 is 10.5. The fraction of sp³-hybridized carbons (Fsp3) is 0.211. The molecule has 0 aliphatic carbocycles. The van der Waals surface area contributed by atoms with Crippen LogP contribution in [0.3, 0.4) is 0 Å². The van der Waals surface area contributed by atoms with Crippen molar-refractivity contribution in [2.45, 2.75) is 6.42 Å². The van der Waals surface area contributed by atoms with Gasteiger partial charge in [-0.05, 0) is 24.3 Å². The van der Waals surface area contributed by atoms with Gasteiger partial charge in [0.1, 0.15) is 17.1 Å². The van der Waals surface area contributed by atoms with E-state index in [4.69, 9.17) is 9.47 Å². The van der Waals surface area contributed by atoms with Crippen LogP contribution in [0.1, 0.15) is 15.4 Å². The Morgan fingerprint density at radius 1 is 1.12 bits per heavy atom. The minimum Gasteiger partial charge on any atom is -0.496 e. The van der Waals surface area contributed by atoms with Crippen molar-refractivity contribution in [3.05, 3.63) is 58.7 Å². The highest BCUT2D eigenvalue weighted by Gasteiger charge is 2.17. The molecule has 0 fully saturated rings. The van der Waals surface area contributed by atoms with Crippen molar-refractivity contribution in [2.24, 2.45) is 0 Å². The zero-order valence-electron chi connectivity index (χ0n) is 14.6. The van der Waals surface area contributed by atoms with Crippen LogP contribution in [0.15, 0.2) is 48.1 Å². The molecule has 3 rings (SSSR count). The van der Waals surface area contributed by atoms with E-state index >= 15 is 0 Å². The Balaban J connectivity index is 1.62. The van der Waals surface area contributed by atoms with Gasteiger partial charge < -0.3 is 14.8 Å². The lowest BCUT2D eigenvalue weighted by Crippen LogP contribution is -2.26. The highest BCUT2D eigenvalue weighted by molar-refractivity contribution is 7.09. The van der Waals surface area contributed by atoms with Crippen molar-refractivity contribution >= 4 is 17.2 Å². The number of nitrogens with one attached hydrogen (secondary N) is 1. The Hall–Kier alpha value is -2.93. The number of hydrogen-bond acceptors (Lipinski definition) is 6. The molecule has 2 heterocycles. The maximum atomic E-state index is 12.5. The van der Waals surface area contributed by atoms with Gasteiger partial charge in [0.05, 0.1) is 24.9 Å². The molecule has 26 heavy (non-hydrogen) atoms. The molecule has 1 aromatic carbocycles. The number of aromatic nitrogens is 2. The molecule has 6 nitrogen and oxygen atoms in total. The van der Waals surface area contributed by atoms with Gasteiger partial charge in [0, 0.05) is 36.3 Å². The van der Waals surface area contributed by atoms with Crippen molar-refractivity contribution in [1.29, 1.82) is 0 Å². The molecule has 0 radical (unpaired) electrons. The van der Waals surface area contributed by atoms with Crippen molar-refractivity contribution < 1.29 is 14.3 Å². The summed E-state index contributed by atoms with van der Waals surface area (Å²) in [4.78, 5) is 21.1. The Morgan fingerprint density at radius 3 is 2.46 bits per heavy atom. The van der Waals surface area contributed by atoms with Crippen LogP contribution in [0.4, 0.5) is 0 Å². The fourth-order valence-electron chi connectivity index (χ4n) is 2.53. The number of benzene rings is 1. The quantitative estimate of drug-likeness (QED) is 0.692. The molecule has 0 saturated heterocycles. The number of carbonyl (C=O) groups is 1. The Kier molecular flexibility index (Phi) is 5.80. The molecule has 0 atom stereocenters. The summed E-state index contributed by atoms with van der Waals surface area (Å²) in [5.74, 6) is 0.734. The molecule has 0 bridgehead atoms. The van der Waals surface area contributed by atoms with Crippen molar-refractivity contribution in [1.82, 2.24) is 15.3 Å². The summed E-state index contributed by atoms with van der Waals surface area (Å²) in [6.45, 7) is 0.476. The van der Waals surface area contributed by atoms with Gasteiger partial charge in [-0.1, -0.05) is 6.07 Å². The number of pyridine rings is 1. The molecule has 0 aliphatic heterocycles. The van der Waals surface area contributed by atoms with Gasteiger partial charge in [0.25, 0.3) is 5.91 Å². The van der Waals surface area contributed by atoms with Crippen LogP contribution in [0.2, 0.25) is 0 Å². The van der Waals surface area contributed by atoms with Gasteiger partial charge in [0.2, 0.25) is 0 Å². The van der Waals surface area contributed by atoms with Gasteiger partial charge in [-0.15, -0.1) is 11.3 Å². The number of nitrogens with zero attached hydrogens (tertiary/aromatic N) is 2. The van der Waals surface area contributed by atoms with Gasteiger partial charge in [0.15, 0.2) is 0 Å². The highest BCUT2D eigenvalue weighted by Crippen LogP contribution is 2.28. The number of thiazole rings is 1. The first kappa shape index (κ1) is 17.9. The summed E-state index contributed by atoms with van der Waals surface area (Å²) in [5, 5.41) is 5.88. The second kappa shape index (κ2) is 8.44. The van der Waals surface area contributed by atoms with E-state index in [2.05, 4.69) is 15.3 Å². The molecule has 0 saturated carbocycles. The van der Waals surface area contributed by atoms with E-state index in [0.29, 0.717) is 30.0 Å². The molecule has 134 valence electrons. The topological polar surface area (TPSA) is 73.3 Å². The van der Waals surface area contributed by atoms with Crippen LogP contribution in [0.25, 0.3) is 11.3 Å². The summed E-state index contributed by atoms with van der Waals surface area (Å²) in [6, 6.07) is 9.10. The number of amides is 1. The third kappa shape index (κ3) is 4.00. The lowest BCUT2D eigenvalue weighted by molar-refractivity contribution is 0.0948. The summed E-state index contributed by atoms with van der Waals surface area (Å²) >= 11 is 1.57. The van der Waals surface area contributed by atoms with E-state index in [-0.39, 0.29) is 5.91 Å². The lowest BCUT2D eigenvalue weighted by atomic mass is 10.1. The van der Waals surface area contributed by atoms with Crippen LogP contribution in [-0.2, 0) is 6.42 Å². The minimum atomic E-state index is -0.231. The Labute approximate surface area is 155 Å². The molecule has 7 heteroatoms. The number of hydrogen-bond donors (Lipinski definition) is 1. The molecule has 3 aromatic rings. The van der Waals surface area contributed by atoms with Gasteiger partial charge in [-0.2, -0.15) is 0 Å². The van der Waals surface area contributed by atoms with Crippen LogP contribution in [0.5, 0.6) is 11.5 Å². The molecule has 0 aliphatic rings. The SMILES string of the molecule is COc1cccc(OC)c1C(=O)NCCc1nc(-c2ccncc2)cs1. The maximum absolute atomic E-state index is 12.5. The third-order valence-corrected chi connectivity index (χ3v) is 4.72. The normalized spacial score (nSPS) is 10.4. The predicted molar refractivity (Wildman–Crippen MR) is 101 cm³/mol. The second-order valence-corrected chi connectivity index (χ2v) is 6.35. The second-order valence-electron chi connectivity index (χ2n) is 5.41. The first-order valence-corrected chi connectivity index (χ1v) is 8.95. The number of ether oxygens (including phenoxy) is 2. The molecule has 2 aromatic heterocycles. The van der Waals surface area contributed by atoms with E-state index in [9.17, 15) is 4.79 Å². The smallest absolute Gasteiger partial charge is 0.258 e. The van der Waals surface area contributed by atoms with E-state index < -0.39 is 0 Å². The van der Waals surface area contributed by atoms with Crippen LogP contribution in [-0.4, -0.2) is 36.6 Å². The first-order chi connectivity index (χ1) is 12.7. The molecule has 0 spiro atoms. The molecule has 1 amide bonds. The third-order valence-electron chi connectivity index (χ3n) is 3.81. The van der Waals surface area contributed by atoms with E-state index in [1.54, 1.807) is 41.9 Å². The molecular formula is C19H19N3O3S. The predicted octanol–water partition coefficient (Wildman–Crippen LogP) is 3.19. The summed E-state index contributed by atoms with van der Waals surface area (Å²) in [6.07, 6.45) is 4.14. The van der Waals surface area contributed by atoms with Crippen LogP contribution < -0.4 is 14.8 Å². The molecule has 0 unspecified atom stereocenters. The van der Waals surface area contributed by atoms with Gasteiger partial charge >= 0.3 is 0 Å². The van der Waals surface area contributed by atoms with Crippen molar-refractivity contribution in [2.75, 3.05) is 20.8 Å². The highest BCUT2D eigenvalue weighted by atomic mass is 32.1. The standard InChI is InChI=1S/C19H19N3O3S/c1-24-15-4-3-5-16(25-2)18(15)19(23)21-11-8-17-22-14(12-26-17)13-6-9-20-10-7-13/h3-7,9-10,12H,8,11H2,1-2H3,(H,21,23). The maximum Gasteiger partial charge on any atom is 0.258 e. The zero-order chi connectivity index (χ0) is 18.4. The van der Waals surface area contributed by atoms with E-state index in [0.717, 1.165) is 16.3 Å². The molecule has 1 N–H and O–H groups in total. The average Bonchev–Trinajstić information content (AvgIpc) is 3.16. The van der Waals surface area contributed by atoms with Gasteiger partial charge in [-0.3, -0.25) is 9.78 Å².